The highest BCUT2D eigenvalue weighted by molar-refractivity contribution is 8.04. The van der Waals surface area contributed by atoms with Gasteiger partial charge in [-0.05, 0) is 53.4 Å². The predicted octanol–water partition coefficient (Wildman–Crippen LogP) is 2.56. The van der Waals surface area contributed by atoms with Crippen LogP contribution < -0.4 is 10.6 Å². The van der Waals surface area contributed by atoms with Gasteiger partial charge in [0.05, 0.1) is 11.3 Å². The van der Waals surface area contributed by atoms with Gasteiger partial charge in [0.1, 0.15) is 6.17 Å². The molecule has 4 atom stereocenters. The van der Waals surface area contributed by atoms with E-state index in [0.29, 0.717) is 0 Å². The molecule has 0 bridgehead atoms. The number of rotatable bonds is 1. The van der Waals surface area contributed by atoms with Crippen molar-refractivity contribution in [2.75, 3.05) is 0 Å². The lowest BCUT2D eigenvalue weighted by Gasteiger charge is -2.34. The molecular weight excluding hydrogens is 282 g/mol. The third kappa shape index (κ3) is 2.28. The minimum absolute atomic E-state index is 0.0237. The molecule has 5 heteroatoms. The van der Waals surface area contributed by atoms with Crippen molar-refractivity contribution in [1.82, 2.24) is 15.6 Å². The number of fused-ring (bicyclic) bond motifs is 2. The maximum Gasteiger partial charge on any atom is 0.231 e. The second-order valence-corrected chi connectivity index (χ2v) is 7.44. The number of allylic oxidation sites excluding steroid dienone is 1. The van der Waals surface area contributed by atoms with Gasteiger partial charge in [-0.25, -0.2) is 0 Å². The lowest BCUT2D eigenvalue weighted by atomic mass is 9.83. The zero-order valence-electron chi connectivity index (χ0n) is 12.0. The molecule has 0 saturated carbocycles. The van der Waals surface area contributed by atoms with E-state index in [0.717, 1.165) is 24.3 Å². The van der Waals surface area contributed by atoms with Crippen LogP contribution in [0.15, 0.2) is 35.0 Å². The Morgan fingerprint density at radius 3 is 2.95 bits per heavy atom. The number of carbonyl (C=O) groups is 1. The first kappa shape index (κ1) is 13.3. The van der Waals surface area contributed by atoms with Crippen LogP contribution in [-0.2, 0) is 4.79 Å². The molecular formula is C16H19N3OS. The summed E-state index contributed by atoms with van der Waals surface area (Å²) in [7, 11) is 0. The van der Waals surface area contributed by atoms with Gasteiger partial charge in [0.15, 0.2) is 0 Å². The van der Waals surface area contributed by atoms with E-state index in [1.54, 1.807) is 12.4 Å². The summed E-state index contributed by atoms with van der Waals surface area (Å²) in [4.78, 5) is 18.1. The van der Waals surface area contributed by atoms with Crippen molar-refractivity contribution in [2.24, 2.45) is 11.8 Å². The SMILES string of the molecule is CC1CCC2=C(C1)SC1NC(c3ccncc3)NC(=O)C21. The molecule has 1 fully saturated rings. The first-order chi connectivity index (χ1) is 10.2. The molecule has 1 amide bonds. The fraction of sp³-hybridized carbons (Fsp3) is 0.500. The zero-order valence-corrected chi connectivity index (χ0v) is 12.8. The second-order valence-electron chi connectivity index (χ2n) is 6.20. The maximum atomic E-state index is 12.6. The zero-order chi connectivity index (χ0) is 14.4. The fourth-order valence-corrected chi connectivity index (χ4v) is 5.24. The van der Waals surface area contributed by atoms with Crippen LogP contribution in [0.25, 0.3) is 0 Å². The molecule has 1 aromatic heterocycles. The van der Waals surface area contributed by atoms with Crippen LogP contribution in [0.5, 0.6) is 0 Å². The molecule has 21 heavy (non-hydrogen) atoms. The summed E-state index contributed by atoms with van der Waals surface area (Å²) in [6.07, 6.45) is 6.86. The summed E-state index contributed by atoms with van der Waals surface area (Å²) in [5.74, 6) is 0.943. The normalized spacial score (nSPS) is 35.2. The van der Waals surface area contributed by atoms with Gasteiger partial charge in [-0.15, -0.1) is 11.8 Å². The van der Waals surface area contributed by atoms with E-state index in [1.165, 1.54) is 16.9 Å². The molecule has 3 heterocycles. The third-order valence-corrected chi connectivity index (χ3v) is 6.06. The average Bonchev–Trinajstić information content (AvgIpc) is 2.85. The lowest BCUT2D eigenvalue weighted by Crippen LogP contribution is -2.54. The van der Waals surface area contributed by atoms with Crippen LogP contribution in [-0.4, -0.2) is 16.3 Å². The summed E-state index contributed by atoms with van der Waals surface area (Å²) < 4.78 is 0. The predicted molar refractivity (Wildman–Crippen MR) is 83.2 cm³/mol. The number of hydrogen-bond donors (Lipinski definition) is 2. The van der Waals surface area contributed by atoms with Gasteiger partial charge in [0.25, 0.3) is 0 Å². The molecule has 4 nitrogen and oxygen atoms in total. The molecule has 2 N–H and O–H groups in total. The maximum absolute atomic E-state index is 12.6. The topological polar surface area (TPSA) is 54.0 Å². The highest BCUT2D eigenvalue weighted by Gasteiger charge is 2.45. The summed E-state index contributed by atoms with van der Waals surface area (Å²) >= 11 is 1.88. The molecule has 4 rings (SSSR count). The molecule has 1 aromatic rings. The largest absolute Gasteiger partial charge is 0.336 e. The van der Waals surface area contributed by atoms with Crippen molar-refractivity contribution in [3.8, 4) is 0 Å². The fourth-order valence-electron chi connectivity index (χ4n) is 3.55. The number of amides is 1. The van der Waals surface area contributed by atoms with Crippen molar-refractivity contribution in [3.63, 3.8) is 0 Å². The second kappa shape index (κ2) is 5.14. The molecule has 1 saturated heterocycles. The van der Waals surface area contributed by atoms with Gasteiger partial charge < -0.3 is 5.32 Å². The number of thioether (sulfide) groups is 1. The van der Waals surface area contributed by atoms with Crippen LogP contribution in [0.3, 0.4) is 0 Å². The number of nitrogens with one attached hydrogen (secondary N) is 2. The molecule has 0 spiro atoms. The lowest BCUT2D eigenvalue weighted by molar-refractivity contribution is -0.127. The van der Waals surface area contributed by atoms with E-state index in [1.807, 2.05) is 23.9 Å². The van der Waals surface area contributed by atoms with Gasteiger partial charge in [-0.1, -0.05) is 6.92 Å². The molecule has 4 unspecified atom stereocenters. The number of aromatic nitrogens is 1. The number of carbonyl (C=O) groups excluding carboxylic acids is 1. The van der Waals surface area contributed by atoms with Crippen molar-refractivity contribution >= 4 is 17.7 Å². The Labute approximate surface area is 128 Å². The molecule has 3 aliphatic rings. The van der Waals surface area contributed by atoms with Crippen LogP contribution >= 0.6 is 11.8 Å². The molecule has 1 aliphatic carbocycles. The summed E-state index contributed by atoms with van der Waals surface area (Å²) in [5.41, 5.74) is 2.46. The first-order valence-electron chi connectivity index (χ1n) is 7.57. The van der Waals surface area contributed by atoms with Gasteiger partial charge in [-0.2, -0.15) is 0 Å². The number of nitrogens with zero attached hydrogens (tertiary/aromatic N) is 1. The van der Waals surface area contributed by atoms with E-state index >= 15 is 0 Å². The standard InChI is InChI=1S/C16H19N3OS/c1-9-2-3-11-12(8-9)21-16-13(11)15(20)18-14(19-16)10-4-6-17-7-5-10/h4-7,9,13-14,16,19H,2-3,8H2,1H3,(H,18,20). The smallest absolute Gasteiger partial charge is 0.231 e. The molecule has 0 aromatic carbocycles. The molecule has 0 radical (unpaired) electrons. The number of hydrogen-bond acceptors (Lipinski definition) is 4. The summed E-state index contributed by atoms with van der Waals surface area (Å²) in [6, 6.07) is 3.90. The van der Waals surface area contributed by atoms with E-state index in [2.05, 4.69) is 22.5 Å². The van der Waals surface area contributed by atoms with E-state index < -0.39 is 0 Å². The van der Waals surface area contributed by atoms with Crippen LogP contribution in [0.4, 0.5) is 0 Å². The van der Waals surface area contributed by atoms with E-state index in [4.69, 9.17) is 0 Å². The van der Waals surface area contributed by atoms with Crippen molar-refractivity contribution < 1.29 is 4.79 Å². The van der Waals surface area contributed by atoms with Crippen LogP contribution in [0, 0.1) is 11.8 Å². The molecule has 2 aliphatic heterocycles. The minimum atomic E-state index is -0.104. The Balaban J connectivity index is 1.58. The highest BCUT2D eigenvalue weighted by atomic mass is 32.2. The van der Waals surface area contributed by atoms with E-state index in [-0.39, 0.29) is 23.4 Å². The van der Waals surface area contributed by atoms with Crippen molar-refractivity contribution in [1.29, 1.82) is 0 Å². The summed E-state index contributed by atoms with van der Waals surface area (Å²) in [5, 5.41) is 6.91. The molecule has 110 valence electrons. The summed E-state index contributed by atoms with van der Waals surface area (Å²) in [6.45, 7) is 2.31. The quantitative estimate of drug-likeness (QED) is 0.837. The van der Waals surface area contributed by atoms with Crippen LogP contribution in [0.1, 0.15) is 37.9 Å². The number of pyridine rings is 1. The Morgan fingerprint density at radius 1 is 1.33 bits per heavy atom. The van der Waals surface area contributed by atoms with E-state index in [9.17, 15) is 4.79 Å². The van der Waals surface area contributed by atoms with Gasteiger partial charge in [-0.3, -0.25) is 15.1 Å². The monoisotopic (exact) mass is 301 g/mol. The van der Waals surface area contributed by atoms with Crippen LogP contribution in [0.2, 0.25) is 0 Å². The minimum Gasteiger partial charge on any atom is -0.336 e. The Hall–Kier alpha value is -1.33. The average molecular weight is 301 g/mol. The third-order valence-electron chi connectivity index (χ3n) is 4.69. The van der Waals surface area contributed by atoms with Crippen molar-refractivity contribution in [3.05, 3.63) is 40.6 Å². The first-order valence-corrected chi connectivity index (χ1v) is 8.45. The van der Waals surface area contributed by atoms with Crippen molar-refractivity contribution in [2.45, 2.75) is 37.7 Å². The highest BCUT2D eigenvalue weighted by Crippen LogP contribution is 2.50. The Morgan fingerprint density at radius 2 is 2.14 bits per heavy atom. The van der Waals surface area contributed by atoms with Gasteiger partial charge in [0.2, 0.25) is 5.91 Å². The van der Waals surface area contributed by atoms with Gasteiger partial charge in [0, 0.05) is 12.4 Å². The van der Waals surface area contributed by atoms with Gasteiger partial charge >= 0.3 is 0 Å². The Bertz CT molecular complexity index is 601. The Kier molecular flexibility index (Phi) is 3.27.